The second kappa shape index (κ2) is 5.05. The Morgan fingerprint density at radius 3 is 2.50 bits per heavy atom. The topological polar surface area (TPSA) is 55.1 Å². The molecule has 0 saturated heterocycles. The summed E-state index contributed by atoms with van der Waals surface area (Å²) in [4.78, 5) is 12.4. The number of hydrogen-bond donors (Lipinski definition) is 2. The van der Waals surface area contributed by atoms with Gasteiger partial charge in [0, 0.05) is 16.9 Å². The van der Waals surface area contributed by atoms with Crippen molar-refractivity contribution >= 4 is 28.1 Å². The van der Waals surface area contributed by atoms with Crippen molar-refractivity contribution in [2.45, 2.75) is 0 Å². The van der Waals surface area contributed by atoms with Gasteiger partial charge in [-0.05, 0) is 35.0 Å². The lowest BCUT2D eigenvalue weighted by atomic mass is 10.0. The van der Waals surface area contributed by atoms with Crippen molar-refractivity contribution < 1.29 is 4.79 Å². The van der Waals surface area contributed by atoms with Gasteiger partial charge < -0.3 is 11.1 Å². The highest BCUT2D eigenvalue weighted by Crippen LogP contribution is 2.20. The summed E-state index contributed by atoms with van der Waals surface area (Å²) in [5, 5.41) is 4.86. The number of rotatable bonds is 2. The Morgan fingerprint density at radius 1 is 0.900 bits per heavy atom. The summed E-state index contributed by atoms with van der Waals surface area (Å²) in [6.07, 6.45) is 0. The number of carbonyl (C=O) groups is 1. The molecule has 3 rings (SSSR count). The van der Waals surface area contributed by atoms with Crippen LogP contribution in [0.1, 0.15) is 10.4 Å². The monoisotopic (exact) mass is 262 g/mol. The van der Waals surface area contributed by atoms with Crippen LogP contribution in [-0.4, -0.2) is 5.91 Å². The maximum Gasteiger partial charge on any atom is 0.256 e. The highest BCUT2D eigenvalue weighted by molar-refractivity contribution is 6.13. The minimum Gasteiger partial charge on any atom is -0.399 e. The second-order valence-electron chi connectivity index (χ2n) is 4.61. The lowest BCUT2D eigenvalue weighted by Gasteiger charge is -2.08. The van der Waals surface area contributed by atoms with Gasteiger partial charge in [-0.3, -0.25) is 4.79 Å². The lowest BCUT2D eigenvalue weighted by molar-refractivity contribution is 0.102. The van der Waals surface area contributed by atoms with Crippen molar-refractivity contribution in [3.05, 3.63) is 72.3 Å². The van der Waals surface area contributed by atoms with Crippen LogP contribution in [-0.2, 0) is 0 Å². The number of nitrogens with one attached hydrogen (secondary N) is 1. The Morgan fingerprint density at radius 2 is 1.65 bits per heavy atom. The van der Waals surface area contributed by atoms with Gasteiger partial charge >= 0.3 is 0 Å². The summed E-state index contributed by atoms with van der Waals surface area (Å²) in [5.41, 5.74) is 7.69. The predicted molar refractivity (Wildman–Crippen MR) is 82.8 cm³/mol. The molecule has 0 radical (unpaired) electrons. The molecule has 3 aromatic rings. The first-order valence-corrected chi connectivity index (χ1v) is 6.39. The highest BCUT2D eigenvalue weighted by atomic mass is 16.1. The molecule has 3 N–H and O–H groups in total. The average Bonchev–Trinajstić information content (AvgIpc) is 2.46. The molecule has 20 heavy (non-hydrogen) atoms. The maximum absolute atomic E-state index is 12.4. The number of carbonyl (C=O) groups excluding carboxylic acids is 1. The zero-order valence-electron chi connectivity index (χ0n) is 10.8. The van der Waals surface area contributed by atoms with E-state index in [1.165, 1.54) is 0 Å². The Labute approximate surface area is 117 Å². The summed E-state index contributed by atoms with van der Waals surface area (Å²) in [6.45, 7) is 0. The molecule has 3 nitrogen and oxygen atoms in total. The number of hydrogen-bond acceptors (Lipinski definition) is 2. The normalized spacial score (nSPS) is 10.4. The van der Waals surface area contributed by atoms with E-state index in [-0.39, 0.29) is 5.91 Å². The predicted octanol–water partition coefficient (Wildman–Crippen LogP) is 3.67. The molecular formula is C17H14N2O. The highest BCUT2D eigenvalue weighted by Gasteiger charge is 2.09. The minimum absolute atomic E-state index is 0.132. The molecule has 0 bridgehead atoms. The Hall–Kier alpha value is -2.81. The van der Waals surface area contributed by atoms with Gasteiger partial charge in [0.05, 0.1) is 0 Å². The van der Waals surface area contributed by atoms with E-state index in [0.717, 1.165) is 10.8 Å². The third-order valence-electron chi connectivity index (χ3n) is 3.18. The van der Waals surface area contributed by atoms with Crippen LogP contribution >= 0.6 is 0 Å². The van der Waals surface area contributed by atoms with Gasteiger partial charge in [-0.15, -0.1) is 0 Å². The van der Waals surface area contributed by atoms with Crippen molar-refractivity contribution in [2.24, 2.45) is 0 Å². The van der Waals surface area contributed by atoms with Gasteiger partial charge in [0.2, 0.25) is 0 Å². The molecule has 0 saturated carbocycles. The molecule has 0 heterocycles. The maximum atomic E-state index is 12.4. The molecule has 98 valence electrons. The average molecular weight is 262 g/mol. The molecule has 0 unspecified atom stereocenters. The lowest BCUT2D eigenvalue weighted by Crippen LogP contribution is -2.12. The van der Waals surface area contributed by atoms with E-state index in [1.807, 2.05) is 54.6 Å². The number of nitrogens with two attached hydrogens (primary N) is 1. The van der Waals surface area contributed by atoms with E-state index < -0.39 is 0 Å². The van der Waals surface area contributed by atoms with Crippen molar-refractivity contribution in [1.82, 2.24) is 0 Å². The van der Waals surface area contributed by atoms with E-state index in [1.54, 1.807) is 12.1 Å². The zero-order chi connectivity index (χ0) is 13.9. The van der Waals surface area contributed by atoms with Crippen LogP contribution in [0.15, 0.2) is 66.7 Å². The molecule has 0 fully saturated rings. The van der Waals surface area contributed by atoms with Crippen LogP contribution in [0.5, 0.6) is 0 Å². The fourth-order valence-electron chi connectivity index (χ4n) is 2.24. The summed E-state index contributed by atoms with van der Waals surface area (Å²) in [5.74, 6) is -0.132. The smallest absolute Gasteiger partial charge is 0.256 e. The van der Waals surface area contributed by atoms with Crippen LogP contribution in [0.25, 0.3) is 10.8 Å². The summed E-state index contributed by atoms with van der Waals surface area (Å²) < 4.78 is 0. The van der Waals surface area contributed by atoms with Crippen molar-refractivity contribution in [3.8, 4) is 0 Å². The Bertz CT molecular complexity index is 775. The Balaban J connectivity index is 1.97. The van der Waals surface area contributed by atoms with Gasteiger partial charge in [-0.25, -0.2) is 0 Å². The van der Waals surface area contributed by atoms with Crippen LogP contribution in [0, 0.1) is 0 Å². The largest absolute Gasteiger partial charge is 0.399 e. The zero-order valence-corrected chi connectivity index (χ0v) is 10.8. The minimum atomic E-state index is -0.132. The molecule has 0 aliphatic rings. The number of nitrogen functional groups attached to an aromatic ring is 1. The number of fused-ring (bicyclic) bond motifs is 1. The van der Waals surface area contributed by atoms with Gasteiger partial charge in [-0.1, -0.05) is 42.5 Å². The first-order chi connectivity index (χ1) is 9.74. The molecule has 3 heteroatoms. The van der Waals surface area contributed by atoms with E-state index in [4.69, 9.17) is 5.73 Å². The quantitative estimate of drug-likeness (QED) is 0.692. The first kappa shape index (κ1) is 12.2. The summed E-state index contributed by atoms with van der Waals surface area (Å²) in [7, 11) is 0. The van der Waals surface area contributed by atoms with Crippen molar-refractivity contribution in [1.29, 1.82) is 0 Å². The SMILES string of the molecule is Nc1cccc(NC(=O)c2cccc3ccccc23)c1. The van der Waals surface area contributed by atoms with Gasteiger partial charge in [0.15, 0.2) is 0 Å². The molecular weight excluding hydrogens is 248 g/mol. The molecule has 0 atom stereocenters. The second-order valence-corrected chi connectivity index (χ2v) is 4.61. The molecule has 1 amide bonds. The van der Waals surface area contributed by atoms with Crippen LogP contribution in [0.2, 0.25) is 0 Å². The number of benzene rings is 3. The van der Waals surface area contributed by atoms with E-state index in [0.29, 0.717) is 16.9 Å². The van der Waals surface area contributed by atoms with Gasteiger partial charge in [0.1, 0.15) is 0 Å². The van der Waals surface area contributed by atoms with Crippen LogP contribution in [0.3, 0.4) is 0 Å². The molecule has 3 aromatic carbocycles. The molecule has 0 aliphatic heterocycles. The molecule has 0 aromatic heterocycles. The van der Waals surface area contributed by atoms with Gasteiger partial charge in [0.25, 0.3) is 5.91 Å². The van der Waals surface area contributed by atoms with E-state index >= 15 is 0 Å². The first-order valence-electron chi connectivity index (χ1n) is 6.39. The fourth-order valence-corrected chi connectivity index (χ4v) is 2.24. The summed E-state index contributed by atoms with van der Waals surface area (Å²) >= 11 is 0. The standard InChI is InChI=1S/C17H14N2O/c18-13-7-4-8-14(11-13)19-17(20)16-10-3-6-12-5-1-2-9-15(12)16/h1-11H,18H2,(H,19,20). The van der Waals surface area contributed by atoms with Gasteiger partial charge in [-0.2, -0.15) is 0 Å². The van der Waals surface area contributed by atoms with Crippen molar-refractivity contribution in [3.63, 3.8) is 0 Å². The van der Waals surface area contributed by atoms with Crippen LogP contribution < -0.4 is 11.1 Å². The summed E-state index contributed by atoms with van der Waals surface area (Å²) in [6, 6.07) is 20.7. The number of amides is 1. The third kappa shape index (κ3) is 2.34. The fraction of sp³-hybridized carbons (Fsp3) is 0. The van der Waals surface area contributed by atoms with Crippen LogP contribution in [0.4, 0.5) is 11.4 Å². The Kier molecular flexibility index (Phi) is 3.09. The molecule has 0 aliphatic carbocycles. The molecule has 0 spiro atoms. The van der Waals surface area contributed by atoms with Crippen molar-refractivity contribution in [2.75, 3.05) is 11.1 Å². The number of anilines is 2. The van der Waals surface area contributed by atoms with E-state index in [2.05, 4.69) is 5.32 Å². The third-order valence-corrected chi connectivity index (χ3v) is 3.18. The van der Waals surface area contributed by atoms with E-state index in [9.17, 15) is 4.79 Å².